The lowest BCUT2D eigenvalue weighted by atomic mass is 10.0. The maximum absolute atomic E-state index is 12.7. The third-order valence-corrected chi connectivity index (χ3v) is 5.30. The maximum atomic E-state index is 12.7. The lowest BCUT2D eigenvalue weighted by molar-refractivity contribution is -0.131. The van der Waals surface area contributed by atoms with E-state index in [0.29, 0.717) is 38.2 Å². The highest BCUT2D eigenvalue weighted by atomic mass is 16.3. The van der Waals surface area contributed by atoms with Crippen LogP contribution in [0.2, 0.25) is 0 Å². The number of carbonyl (C=O) groups is 2. The summed E-state index contributed by atoms with van der Waals surface area (Å²) in [7, 11) is 0. The van der Waals surface area contributed by atoms with Crippen molar-refractivity contribution in [2.45, 2.75) is 20.3 Å². The number of benzene rings is 1. The van der Waals surface area contributed by atoms with Crippen molar-refractivity contribution in [1.82, 2.24) is 9.80 Å². The van der Waals surface area contributed by atoms with Crippen molar-refractivity contribution in [3.8, 4) is 0 Å². The van der Waals surface area contributed by atoms with Crippen molar-refractivity contribution in [3.63, 3.8) is 0 Å². The van der Waals surface area contributed by atoms with Gasteiger partial charge in [0.05, 0.1) is 24.5 Å². The molecule has 1 aromatic carbocycles. The number of hydrogen-bond acceptors (Lipinski definition) is 4. The number of hydrogen-bond donors (Lipinski definition) is 0. The van der Waals surface area contributed by atoms with Gasteiger partial charge in [-0.3, -0.25) is 9.59 Å². The summed E-state index contributed by atoms with van der Waals surface area (Å²) in [6, 6.07) is 5.75. The Hall–Kier alpha value is -3.02. The first-order chi connectivity index (χ1) is 13.0. The Balaban J connectivity index is 1.40. The third-order valence-electron chi connectivity index (χ3n) is 5.30. The van der Waals surface area contributed by atoms with Gasteiger partial charge >= 0.3 is 0 Å². The molecule has 1 aliphatic rings. The molecular weight excluding hydrogens is 344 g/mol. The molecule has 27 heavy (non-hydrogen) atoms. The average molecular weight is 366 g/mol. The molecule has 3 aromatic rings. The molecule has 3 heterocycles. The van der Waals surface area contributed by atoms with E-state index >= 15 is 0 Å². The Morgan fingerprint density at radius 3 is 2.41 bits per heavy atom. The van der Waals surface area contributed by atoms with Gasteiger partial charge in [0.25, 0.3) is 5.91 Å². The van der Waals surface area contributed by atoms with Crippen molar-refractivity contribution < 1.29 is 18.4 Å². The van der Waals surface area contributed by atoms with Gasteiger partial charge in [-0.2, -0.15) is 0 Å². The lowest BCUT2D eigenvalue weighted by Gasteiger charge is -2.34. The van der Waals surface area contributed by atoms with Gasteiger partial charge in [-0.05, 0) is 43.2 Å². The molecule has 0 saturated carbocycles. The van der Waals surface area contributed by atoms with Crippen molar-refractivity contribution in [2.75, 3.05) is 26.2 Å². The van der Waals surface area contributed by atoms with E-state index in [-0.39, 0.29) is 11.8 Å². The van der Waals surface area contributed by atoms with Gasteiger partial charge in [0.1, 0.15) is 11.8 Å². The zero-order valence-corrected chi connectivity index (χ0v) is 15.5. The maximum Gasteiger partial charge on any atom is 0.257 e. The fourth-order valence-electron chi connectivity index (χ4n) is 3.48. The quantitative estimate of drug-likeness (QED) is 0.714. The molecule has 1 fully saturated rings. The van der Waals surface area contributed by atoms with Gasteiger partial charge in [0.2, 0.25) is 5.91 Å². The number of piperazine rings is 1. The molecule has 0 radical (unpaired) electrons. The van der Waals surface area contributed by atoms with E-state index in [1.807, 2.05) is 17.9 Å². The largest absolute Gasteiger partial charge is 0.472 e. The Morgan fingerprint density at radius 1 is 1.00 bits per heavy atom. The summed E-state index contributed by atoms with van der Waals surface area (Å²) in [6.45, 7) is 6.24. The van der Waals surface area contributed by atoms with Crippen LogP contribution in [0.3, 0.4) is 0 Å². The third kappa shape index (κ3) is 3.35. The van der Waals surface area contributed by atoms with Gasteiger partial charge in [-0.15, -0.1) is 0 Å². The molecule has 1 saturated heterocycles. The molecule has 0 unspecified atom stereocenters. The first-order valence-corrected chi connectivity index (χ1v) is 9.09. The van der Waals surface area contributed by atoms with Gasteiger partial charge in [0.15, 0.2) is 0 Å². The highest BCUT2D eigenvalue weighted by molar-refractivity contribution is 5.94. The Kier molecular flexibility index (Phi) is 4.48. The number of aryl methyl sites for hydroxylation is 2. The second-order valence-electron chi connectivity index (χ2n) is 7.06. The second kappa shape index (κ2) is 6.95. The first kappa shape index (κ1) is 17.4. The monoisotopic (exact) mass is 366 g/mol. The van der Waals surface area contributed by atoms with Gasteiger partial charge in [-0.1, -0.05) is 0 Å². The number of carbonyl (C=O) groups excluding carboxylic acids is 2. The van der Waals surface area contributed by atoms with Crippen LogP contribution >= 0.6 is 0 Å². The number of furan rings is 2. The number of fused-ring (bicyclic) bond motifs is 1. The SMILES string of the molecule is Cc1cc2occ(CC(=O)N3CCN(C(=O)c4ccoc4)CC3)c2cc1C. The molecule has 0 aliphatic carbocycles. The van der Waals surface area contributed by atoms with E-state index in [0.717, 1.165) is 16.5 Å². The molecule has 6 heteroatoms. The summed E-state index contributed by atoms with van der Waals surface area (Å²) in [5, 5.41) is 1.00. The minimum absolute atomic E-state index is 0.0532. The lowest BCUT2D eigenvalue weighted by Crippen LogP contribution is -2.50. The molecule has 0 atom stereocenters. The van der Waals surface area contributed by atoms with Crippen LogP contribution in [0, 0.1) is 13.8 Å². The van der Waals surface area contributed by atoms with Crippen LogP contribution in [-0.4, -0.2) is 47.8 Å². The molecule has 0 N–H and O–H groups in total. The van der Waals surface area contributed by atoms with Gasteiger partial charge < -0.3 is 18.6 Å². The smallest absolute Gasteiger partial charge is 0.257 e. The van der Waals surface area contributed by atoms with E-state index in [9.17, 15) is 9.59 Å². The second-order valence-corrected chi connectivity index (χ2v) is 7.06. The van der Waals surface area contributed by atoms with Crippen LogP contribution in [0.5, 0.6) is 0 Å². The number of nitrogens with zero attached hydrogens (tertiary/aromatic N) is 2. The summed E-state index contributed by atoms with van der Waals surface area (Å²) < 4.78 is 10.6. The first-order valence-electron chi connectivity index (χ1n) is 9.09. The van der Waals surface area contributed by atoms with E-state index in [2.05, 4.69) is 13.0 Å². The molecular formula is C21H22N2O4. The van der Waals surface area contributed by atoms with Crippen molar-refractivity contribution >= 4 is 22.8 Å². The van der Waals surface area contributed by atoms with Gasteiger partial charge in [-0.25, -0.2) is 0 Å². The van der Waals surface area contributed by atoms with Crippen LogP contribution in [-0.2, 0) is 11.2 Å². The minimum Gasteiger partial charge on any atom is -0.472 e. The number of rotatable bonds is 3. The summed E-state index contributed by atoms with van der Waals surface area (Å²) in [5.41, 5.74) is 4.63. The van der Waals surface area contributed by atoms with E-state index in [1.54, 1.807) is 17.2 Å². The molecule has 6 nitrogen and oxygen atoms in total. The predicted molar refractivity (Wildman–Crippen MR) is 101 cm³/mol. The number of amides is 2. The molecule has 140 valence electrons. The van der Waals surface area contributed by atoms with E-state index < -0.39 is 0 Å². The molecule has 1 aliphatic heterocycles. The molecule has 2 aromatic heterocycles. The fourth-order valence-corrected chi connectivity index (χ4v) is 3.48. The van der Waals surface area contributed by atoms with Crippen LogP contribution < -0.4 is 0 Å². The Labute approximate surface area is 157 Å². The molecule has 4 rings (SSSR count). The van der Waals surface area contributed by atoms with Crippen molar-refractivity contribution in [1.29, 1.82) is 0 Å². The summed E-state index contributed by atoms with van der Waals surface area (Å²) in [5.74, 6) is 0.00820. The van der Waals surface area contributed by atoms with Crippen LogP contribution in [0.1, 0.15) is 27.0 Å². The van der Waals surface area contributed by atoms with Crippen LogP contribution in [0.15, 0.2) is 45.8 Å². The van der Waals surface area contributed by atoms with Crippen molar-refractivity contribution in [2.24, 2.45) is 0 Å². The molecule has 2 amide bonds. The molecule has 0 bridgehead atoms. The van der Waals surface area contributed by atoms with Crippen LogP contribution in [0.25, 0.3) is 11.0 Å². The minimum atomic E-state index is -0.0532. The topological polar surface area (TPSA) is 66.9 Å². The Morgan fingerprint density at radius 2 is 1.70 bits per heavy atom. The summed E-state index contributed by atoms with van der Waals surface area (Å²) in [6.07, 6.45) is 4.93. The summed E-state index contributed by atoms with van der Waals surface area (Å²) in [4.78, 5) is 28.7. The van der Waals surface area contributed by atoms with E-state index in [1.165, 1.54) is 23.7 Å². The highest BCUT2D eigenvalue weighted by Gasteiger charge is 2.26. The zero-order chi connectivity index (χ0) is 19.0. The van der Waals surface area contributed by atoms with Crippen LogP contribution in [0.4, 0.5) is 0 Å². The van der Waals surface area contributed by atoms with Crippen molar-refractivity contribution in [3.05, 3.63) is 59.2 Å². The summed E-state index contributed by atoms with van der Waals surface area (Å²) >= 11 is 0. The zero-order valence-electron chi connectivity index (χ0n) is 15.5. The van der Waals surface area contributed by atoms with E-state index in [4.69, 9.17) is 8.83 Å². The normalized spacial score (nSPS) is 14.7. The highest BCUT2D eigenvalue weighted by Crippen LogP contribution is 2.25. The predicted octanol–water partition coefficient (Wildman–Crippen LogP) is 3.17. The average Bonchev–Trinajstić information content (AvgIpc) is 3.33. The Bertz CT molecular complexity index is 979. The standard InChI is InChI=1S/C21H22N2O4/c1-14-9-18-17(13-27-19(18)10-15(14)2)11-20(24)22-4-6-23(7-5-22)21(25)16-3-8-26-12-16/h3,8-10,12-13H,4-7,11H2,1-2H3. The van der Waals surface area contributed by atoms with Gasteiger partial charge in [0, 0.05) is 37.1 Å². The fraction of sp³-hybridized carbons (Fsp3) is 0.333. The molecule has 0 spiro atoms.